The van der Waals surface area contributed by atoms with Crippen molar-refractivity contribution in [2.75, 3.05) is 0 Å². The van der Waals surface area contributed by atoms with E-state index < -0.39 is 47.2 Å². The molecule has 2 aliphatic carbocycles. The van der Waals surface area contributed by atoms with Crippen LogP contribution in [0, 0.1) is 5.92 Å². The van der Waals surface area contributed by atoms with Crippen molar-refractivity contribution in [2.45, 2.75) is 88.3 Å². The van der Waals surface area contributed by atoms with E-state index in [1.54, 1.807) is 6.07 Å². The molecule has 0 spiro atoms. The fourth-order valence-electron chi connectivity index (χ4n) is 5.52. The van der Waals surface area contributed by atoms with Crippen LogP contribution in [0.2, 0.25) is 0 Å². The topological polar surface area (TPSA) is 58.6 Å². The molecule has 10 heteroatoms. The normalized spacial score (nSPS) is 22.9. The number of halogens is 6. The highest BCUT2D eigenvalue weighted by atomic mass is 19.4. The zero-order chi connectivity index (χ0) is 26.1. The minimum absolute atomic E-state index is 0.0285. The summed E-state index contributed by atoms with van der Waals surface area (Å²) >= 11 is 0. The number of nitrogens with one attached hydrogen (secondary N) is 1. The van der Waals surface area contributed by atoms with Crippen LogP contribution in [0.4, 0.5) is 26.3 Å². The predicted molar refractivity (Wildman–Crippen MR) is 122 cm³/mol. The van der Waals surface area contributed by atoms with Gasteiger partial charge in [-0.15, -0.1) is 0 Å². The molecule has 2 fully saturated rings. The zero-order valence-corrected chi connectivity index (χ0v) is 19.6. The lowest BCUT2D eigenvalue weighted by Gasteiger charge is -2.34. The molecule has 36 heavy (non-hydrogen) atoms. The second kappa shape index (κ2) is 10.1. The van der Waals surface area contributed by atoms with Crippen molar-refractivity contribution in [3.63, 3.8) is 0 Å². The van der Waals surface area contributed by atoms with E-state index in [4.69, 9.17) is 4.74 Å². The lowest BCUT2D eigenvalue weighted by molar-refractivity contribution is -0.185. The van der Waals surface area contributed by atoms with Crippen molar-refractivity contribution in [3.05, 3.63) is 41.5 Å². The highest BCUT2D eigenvalue weighted by Crippen LogP contribution is 2.44. The summed E-state index contributed by atoms with van der Waals surface area (Å²) in [5.41, 5.74) is -1.54. The summed E-state index contributed by atoms with van der Waals surface area (Å²) in [6, 6.07) is 7.21. The van der Waals surface area contributed by atoms with E-state index in [1.807, 2.05) is 0 Å². The number of benzene rings is 2. The van der Waals surface area contributed by atoms with Crippen LogP contribution in [0.5, 0.6) is 5.75 Å². The Morgan fingerprint density at radius 2 is 1.61 bits per heavy atom. The van der Waals surface area contributed by atoms with Crippen molar-refractivity contribution in [1.82, 2.24) is 5.32 Å². The molecule has 198 valence electrons. The van der Waals surface area contributed by atoms with Gasteiger partial charge in [0.1, 0.15) is 16.9 Å². The molecule has 0 bridgehead atoms. The quantitative estimate of drug-likeness (QED) is 0.397. The summed E-state index contributed by atoms with van der Waals surface area (Å²) in [4.78, 5) is 12.0. The zero-order valence-electron chi connectivity index (χ0n) is 19.6. The number of alkyl halides is 6. The van der Waals surface area contributed by atoms with Crippen LogP contribution in [0.3, 0.4) is 0 Å². The molecular formula is C26H29F6NO3. The Bertz CT molecular complexity index is 1080. The molecule has 0 aromatic heterocycles. The first-order chi connectivity index (χ1) is 16.9. The van der Waals surface area contributed by atoms with Crippen LogP contribution < -0.4 is 10.1 Å². The van der Waals surface area contributed by atoms with E-state index >= 15 is 0 Å². The summed E-state index contributed by atoms with van der Waals surface area (Å²) in [5.74, 6) is -2.82. The van der Waals surface area contributed by atoms with Gasteiger partial charge < -0.3 is 9.84 Å². The average Bonchev–Trinajstić information content (AvgIpc) is 2.82. The number of rotatable bonds is 6. The first kappa shape index (κ1) is 26.6. The maximum Gasteiger partial charge on any atom is 0.420 e. The number of aliphatic carboxylic acids is 1. The second-order valence-corrected chi connectivity index (χ2v) is 9.88. The third-order valence-electron chi connectivity index (χ3n) is 7.56. The number of carboxylic acid groups (broad SMARTS) is 1. The highest BCUT2D eigenvalue weighted by molar-refractivity contribution is 5.91. The summed E-state index contributed by atoms with van der Waals surface area (Å²) in [6.07, 6.45) is -6.71. The van der Waals surface area contributed by atoms with Crippen molar-refractivity contribution in [3.8, 4) is 5.75 Å². The Balaban J connectivity index is 1.60. The highest BCUT2D eigenvalue weighted by Gasteiger charge is 2.43. The van der Waals surface area contributed by atoms with E-state index in [1.165, 1.54) is 24.3 Å². The Hall–Kier alpha value is -2.49. The van der Waals surface area contributed by atoms with Gasteiger partial charge in [-0.05, 0) is 60.9 Å². The summed E-state index contributed by atoms with van der Waals surface area (Å²) < 4.78 is 87.1. The van der Waals surface area contributed by atoms with Crippen LogP contribution in [0.25, 0.3) is 10.8 Å². The van der Waals surface area contributed by atoms with E-state index in [-0.39, 0.29) is 37.6 Å². The third kappa shape index (κ3) is 5.58. The Kier molecular flexibility index (Phi) is 7.46. The van der Waals surface area contributed by atoms with Gasteiger partial charge in [-0.3, -0.25) is 10.1 Å². The molecule has 2 aromatic carbocycles. The van der Waals surface area contributed by atoms with Gasteiger partial charge in [-0.1, -0.05) is 43.5 Å². The Labute approximate surface area is 205 Å². The lowest BCUT2D eigenvalue weighted by Crippen LogP contribution is -2.52. The fourth-order valence-corrected chi connectivity index (χ4v) is 5.52. The molecule has 2 aromatic rings. The Morgan fingerprint density at radius 1 is 0.944 bits per heavy atom. The molecule has 4 nitrogen and oxygen atoms in total. The number of ether oxygens (including phenoxy) is 1. The molecule has 0 amide bonds. The largest absolute Gasteiger partial charge is 0.490 e. The number of carbonyl (C=O) groups is 1. The summed E-state index contributed by atoms with van der Waals surface area (Å²) in [6.45, 7) is 0.0859. The predicted octanol–water partition coefficient (Wildman–Crippen LogP) is 7.24. The van der Waals surface area contributed by atoms with E-state index in [0.29, 0.717) is 23.8 Å². The first-order valence-electron chi connectivity index (χ1n) is 12.2. The summed E-state index contributed by atoms with van der Waals surface area (Å²) in [7, 11) is 0. The molecule has 0 saturated heterocycles. The van der Waals surface area contributed by atoms with Crippen LogP contribution in [0.15, 0.2) is 30.3 Å². The number of hydrogen-bond donors (Lipinski definition) is 2. The first-order valence-corrected chi connectivity index (χ1v) is 12.2. The molecule has 2 N–H and O–H groups in total. The second-order valence-electron chi connectivity index (χ2n) is 9.88. The lowest BCUT2D eigenvalue weighted by atomic mass is 9.81. The standard InChI is InChI=1S/C26H29F6NO3/c27-25(28,29)17-7-9-18(10-8-17)36-21-12-11-19-16(5-4-6-20(19)22(21)26(30,31)32)15-33-24(23(34)35)13-2-1-3-14-24/h4-6,11-12,17-18,33H,1-3,7-10,13-15H2,(H,34,35). The molecule has 2 aliphatic rings. The fraction of sp³-hybridized carbons (Fsp3) is 0.577. The van der Waals surface area contributed by atoms with Crippen molar-refractivity contribution < 1.29 is 41.0 Å². The molecule has 0 unspecified atom stereocenters. The van der Waals surface area contributed by atoms with Gasteiger partial charge >= 0.3 is 18.3 Å². The molecular weight excluding hydrogens is 488 g/mol. The Morgan fingerprint density at radius 3 is 2.19 bits per heavy atom. The van der Waals surface area contributed by atoms with Gasteiger partial charge in [0.2, 0.25) is 0 Å². The van der Waals surface area contributed by atoms with Crippen LogP contribution in [0.1, 0.15) is 68.9 Å². The van der Waals surface area contributed by atoms with Crippen LogP contribution in [-0.4, -0.2) is 28.9 Å². The minimum atomic E-state index is -4.75. The van der Waals surface area contributed by atoms with Gasteiger partial charge in [0.05, 0.1) is 12.0 Å². The molecule has 2 saturated carbocycles. The van der Waals surface area contributed by atoms with Gasteiger partial charge in [-0.25, -0.2) is 0 Å². The van der Waals surface area contributed by atoms with Crippen molar-refractivity contribution in [2.24, 2.45) is 5.92 Å². The molecule has 0 heterocycles. The maximum absolute atomic E-state index is 14.2. The number of hydrogen-bond acceptors (Lipinski definition) is 3. The van der Waals surface area contributed by atoms with Gasteiger partial charge in [0.25, 0.3) is 0 Å². The molecule has 4 rings (SSSR count). The maximum atomic E-state index is 14.2. The minimum Gasteiger partial charge on any atom is -0.490 e. The average molecular weight is 518 g/mol. The number of carboxylic acids is 1. The molecule has 0 aliphatic heterocycles. The van der Waals surface area contributed by atoms with Crippen molar-refractivity contribution >= 4 is 16.7 Å². The monoisotopic (exact) mass is 517 g/mol. The van der Waals surface area contributed by atoms with Gasteiger partial charge in [0, 0.05) is 6.54 Å². The van der Waals surface area contributed by atoms with Crippen molar-refractivity contribution in [1.29, 1.82) is 0 Å². The number of fused-ring (bicyclic) bond motifs is 1. The summed E-state index contributed by atoms with van der Waals surface area (Å²) in [5, 5.41) is 13.1. The van der Waals surface area contributed by atoms with Gasteiger partial charge in [0.15, 0.2) is 0 Å². The van der Waals surface area contributed by atoms with Crippen LogP contribution >= 0.6 is 0 Å². The smallest absolute Gasteiger partial charge is 0.420 e. The van der Waals surface area contributed by atoms with E-state index in [0.717, 1.165) is 19.3 Å². The SMILES string of the molecule is O=C(O)C1(NCc2cccc3c(C(F)(F)F)c(OC4CCC(C(F)(F)F)CC4)ccc23)CCCCC1. The van der Waals surface area contributed by atoms with Gasteiger partial charge in [-0.2, -0.15) is 26.3 Å². The van der Waals surface area contributed by atoms with E-state index in [9.17, 15) is 36.2 Å². The third-order valence-corrected chi connectivity index (χ3v) is 7.56. The molecule has 0 radical (unpaired) electrons. The molecule has 0 atom stereocenters. The van der Waals surface area contributed by atoms with Crippen LogP contribution in [-0.2, 0) is 17.5 Å². The van der Waals surface area contributed by atoms with E-state index in [2.05, 4.69) is 5.32 Å².